The fourth-order valence-electron chi connectivity index (χ4n) is 2.36. The molecule has 0 aliphatic carbocycles. The number of hydrogen-bond donors (Lipinski definition) is 3. The van der Waals surface area contributed by atoms with E-state index in [0.29, 0.717) is 11.4 Å². The van der Waals surface area contributed by atoms with Crippen molar-refractivity contribution in [3.05, 3.63) is 24.3 Å². The fraction of sp³-hybridized carbons (Fsp3) is 0.353. The van der Waals surface area contributed by atoms with Crippen molar-refractivity contribution in [2.45, 2.75) is 26.3 Å². The van der Waals surface area contributed by atoms with Gasteiger partial charge in [0.15, 0.2) is 6.61 Å². The maximum atomic E-state index is 12.0. The molecule has 3 N–H and O–H groups in total. The number of nitrogens with one attached hydrogen (secondary N) is 3. The summed E-state index contributed by atoms with van der Waals surface area (Å²) in [6, 6.07) is 5.72. The molecule has 1 aliphatic rings. The van der Waals surface area contributed by atoms with Crippen LogP contribution in [0, 0.1) is 0 Å². The lowest BCUT2D eigenvalue weighted by Gasteiger charge is -2.15. The second-order valence-corrected chi connectivity index (χ2v) is 6.42. The Labute approximate surface area is 155 Å². The van der Waals surface area contributed by atoms with Crippen LogP contribution >= 0.6 is 0 Å². The van der Waals surface area contributed by atoms with E-state index >= 15 is 0 Å². The topological polar surface area (TPSA) is 134 Å². The van der Waals surface area contributed by atoms with Gasteiger partial charge < -0.3 is 20.7 Å². The van der Waals surface area contributed by atoms with Gasteiger partial charge in [0.2, 0.25) is 5.91 Å². The van der Waals surface area contributed by atoms with Crippen molar-refractivity contribution in [1.82, 2.24) is 10.2 Å². The maximum absolute atomic E-state index is 12.0. The Morgan fingerprint density at radius 1 is 1.15 bits per heavy atom. The van der Waals surface area contributed by atoms with Crippen LogP contribution in [0.1, 0.15) is 20.8 Å². The zero-order valence-corrected chi connectivity index (χ0v) is 15.1. The average molecular weight is 376 g/mol. The molecule has 1 aromatic carbocycles. The van der Waals surface area contributed by atoms with Crippen LogP contribution in [0.3, 0.4) is 0 Å². The number of ether oxygens (including phenoxy) is 1. The van der Waals surface area contributed by atoms with Gasteiger partial charge in [-0.25, -0.2) is 4.79 Å². The van der Waals surface area contributed by atoms with Gasteiger partial charge in [0.25, 0.3) is 11.8 Å². The summed E-state index contributed by atoms with van der Waals surface area (Å²) in [7, 11) is 0. The number of amides is 5. The molecule has 1 saturated heterocycles. The minimum Gasteiger partial charge on any atom is -0.454 e. The molecule has 0 radical (unpaired) electrons. The van der Waals surface area contributed by atoms with E-state index in [1.54, 1.807) is 18.2 Å². The number of esters is 1. The third-order valence-corrected chi connectivity index (χ3v) is 3.56. The van der Waals surface area contributed by atoms with Gasteiger partial charge in [0.1, 0.15) is 12.1 Å². The molecular weight excluding hydrogens is 356 g/mol. The van der Waals surface area contributed by atoms with Gasteiger partial charge in [-0.2, -0.15) is 0 Å². The highest BCUT2D eigenvalue weighted by Crippen LogP contribution is 2.17. The summed E-state index contributed by atoms with van der Waals surface area (Å²) in [5.41, 5.74) is -0.190. The highest BCUT2D eigenvalue weighted by molar-refractivity contribution is 6.08. The molecular formula is C17H20N4O6. The summed E-state index contributed by atoms with van der Waals surface area (Å²) in [6.45, 7) is 3.22. The van der Waals surface area contributed by atoms with Crippen LogP contribution in [0.4, 0.5) is 16.2 Å². The van der Waals surface area contributed by atoms with Crippen molar-refractivity contribution in [2.24, 2.45) is 0 Å². The number of carbonyl (C=O) groups excluding carboxylic acids is 5. The van der Waals surface area contributed by atoms with Crippen LogP contribution < -0.4 is 16.0 Å². The zero-order valence-electron chi connectivity index (χ0n) is 15.1. The Bertz CT molecular complexity index is 804. The van der Waals surface area contributed by atoms with Crippen LogP contribution in [0.5, 0.6) is 0 Å². The molecule has 1 fully saturated rings. The first-order chi connectivity index (χ1) is 12.6. The van der Waals surface area contributed by atoms with Crippen molar-refractivity contribution in [1.29, 1.82) is 0 Å². The Morgan fingerprint density at radius 2 is 1.78 bits per heavy atom. The monoisotopic (exact) mass is 376 g/mol. The Morgan fingerprint density at radius 3 is 2.33 bits per heavy atom. The van der Waals surface area contributed by atoms with E-state index in [0.717, 1.165) is 4.90 Å². The highest BCUT2D eigenvalue weighted by Gasteiger charge is 2.45. The molecule has 0 unspecified atom stereocenters. The van der Waals surface area contributed by atoms with Crippen LogP contribution in [0.2, 0.25) is 0 Å². The van der Waals surface area contributed by atoms with E-state index in [1.165, 1.54) is 26.8 Å². The first-order valence-corrected chi connectivity index (χ1v) is 8.06. The number of anilines is 2. The van der Waals surface area contributed by atoms with Crippen LogP contribution in [0.25, 0.3) is 0 Å². The molecule has 1 aliphatic heterocycles. The molecule has 0 saturated carbocycles. The SMILES string of the molecule is CC(=O)Nc1cccc(NC(=O)COC(=O)CN2C(=O)NC(C)(C)C2=O)c1. The summed E-state index contributed by atoms with van der Waals surface area (Å²) >= 11 is 0. The van der Waals surface area contributed by atoms with Crippen LogP contribution in [0.15, 0.2) is 24.3 Å². The maximum Gasteiger partial charge on any atom is 0.326 e. The Hall–Kier alpha value is -3.43. The average Bonchev–Trinajstić information content (AvgIpc) is 2.74. The first-order valence-electron chi connectivity index (χ1n) is 8.06. The predicted molar refractivity (Wildman–Crippen MR) is 94.7 cm³/mol. The number of nitrogens with zero attached hydrogens (tertiary/aromatic N) is 1. The largest absolute Gasteiger partial charge is 0.454 e. The summed E-state index contributed by atoms with van der Waals surface area (Å²) in [4.78, 5) is 59.2. The molecule has 0 bridgehead atoms. The molecule has 5 amide bonds. The fourth-order valence-corrected chi connectivity index (χ4v) is 2.36. The molecule has 2 rings (SSSR count). The molecule has 1 aromatic rings. The summed E-state index contributed by atoms with van der Waals surface area (Å²) in [6.07, 6.45) is 0. The second kappa shape index (κ2) is 7.85. The number of carbonyl (C=O) groups is 5. The predicted octanol–water partition coefficient (Wildman–Crippen LogP) is 0.457. The van der Waals surface area contributed by atoms with Crippen molar-refractivity contribution in [3.8, 4) is 0 Å². The van der Waals surface area contributed by atoms with Crippen LogP contribution in [-0.2, 0) is 23.9 Å². The highest BCUT2D eigenvalue weighted by atomic mass is 16.5. The lowest BCUT2D eigenvalue weighted by atomic mass is 10.1. The lowest BCUT2D eigenvalue weighted by Crippen LogP contribution is -2.41. The number of imide groups is 1. The Kier molecular flexibility index (Phi) is 5.78. The minimum absolute atomic E-state index is 0.254. The lowest BCUT2D eigenvalue weighted by molar-refractivity contribution is -0.150. The normalized spacial score (nSPS) is 15.1. The van der Waals surface area contributed by atoms with Gasteiger partial charge in [-0.05, 0) is 32.0 Å². The van der Waals surface area contributed by atoms with E-state index in [4.69, 9.17) is 4.74 Å². The molecule has 144 valence electrons. The third-order valence-electron chi connectivity index (χ3n) is 3.56. The van der Waals surface area contributed by atoms with E-state index < -0.39 is 42.5 Å². The molecule has 10 nitrogen and oxygen atoms in total. The number of urea groups is 1. The van der Waals surface area contributed by atoms with Crippen molar-refractivity contribution < 1.29 is 28.7 Å². The van der Waals surface area contributed by atoms with E-state index in [2.05, 4.69) is 16.0 Å². The minimum atomic E-state index is -1.09. The zero-order chi connectivity index (χ0) is 20.2. The third kappa shape index (κ3) is 5.27. The van der Waals surface area contributed by atoms with Crippen LogP contribution in [-0.4, -0.2) is 53.3 Å². The van der Waals surface area contributed by atoms with Crippen molar-refractivity contribution >= 4 is 41.1 Å². The summed E-state index contributed by atoms with van der Waals surface area (Å²) < 4.78 is 4.80. The molecule has 0 atom stereocenters. The van der Waals surface area contributed by atoms with Gasteiger partial charge >= 0.3 is 12.0 Å². The summed E-state index contributed by atoms with van der Waals surface area (Å²) in [5, 5.41) is 7.52. The van der Waals surface area contributed by atoms with Gasteiger partial charge in [0.05, 0.1) is 0 Å². The smallest absolute Gasteiger partial charge is 0.326 e. The van der Waals surface area contributed by atoms with Crippen molar-refractivity contribution in [3.63, 3.8) is 0 Å². The molecule has 0 aromatic heterocycles. The molecule has 10 heteroatoms. The number of benzene rings is 1. The Balaban J connectivity index is 1.83. The number of hydrogen-bond acceptors (Lipinski definition) is 6. The number of rotatable bonds is 6. The van der Waals surface area contributed by atoms with Crippen molar-refractivity contribution in [2.75, 3.05) is 23.8 Å². The van der Waals surface area contributed by atoms with E-state index in [-0.39, 0.29) is 5.91 Å². The van der Waals surface area contributed by atoms with Gasteiger partial charge in [-0.15, -0.1) is 0 Å². The first kappa shape index (κ1) is 19.9. The van der Waals surface area contributed by atoms with E-state index in [9.17, 15) is 24.0 Å². The van der Waals surface area contributed by atoms with Gasteiger partial charge in [-0.1, -0.05) is 6.07 Å². The summed E-state index contributed by atoms with van der Waals surface area (Å²) in [5.74, 6) is -2.31. The van der Waals surface area contributed by atoms with Gasteiger partial charge in [0, 0.05) is 18.3 Å². The quantitative estimate of drug-likeness (QED) is 0.488. The molecule has 0 spiro atoms. The van der Waals surface area contributed by atoms with Gasteiger partial charge in [-0.3, -0.25) is 24.1 Å². The standard InChI is InChI=1S/C17H20N4O6/c1-10(22)18-11-5-4-6-12(7-11)19-13(23)9-27-14(24)8-21-15(25)17(2,3)20-16(21)26/h4-7H,8-9H2,1-3H3,(H,18,22)(H,19,23)(H,20,26). The second-order valence-electron chi connectivity index (χ2n) is 6.42. The molecule has 27 heavy (non-hydrogen) atoms. The molecule has 1 heterocycles. The van der Waals surface area contributed by atoms with E-state index in [1.807, 2.05) is 0 Å².